The Morgan fingerprint density at radius 1 is 1.41 bits per heavy atom. The number of amides is 1. The fraction of sp³-hybridized carbons (Fsp3) is 0.400. The summed E-state index contributed by atoms with van der Waals surface area (Å²) in [6, 6.07) is 8.73. The molecule has 1 aliphatic rings. The Balaban J connectivity index is 1.74. The molecule has 1 aliphatic heterocycles. The van der Waals surface area contributed by atoms with Crippen LogP contribution in [0.1, 0.15) is 53.1 Å². The lowest BCUT2D eigenvalue weighted by Gasteiger charge is -2.17. The van der Waals surface area contributed by atoms with Crippen molar-refractivity contribution in [1.29, 1.82) is 0 Å². The smallest absolute Gasteiger partial charge is 0.253 e. The Labute approximate surface area is 162 Å². The molecule has 27 heavy (non-hydrogen) atoms. The molecule has 0 saturated carbocycles. The molecule has 1 aromatic heterocycles. The molecule has 144 valence electrons. The highest BCUT2D eigenvalue weighted by molar-refractivity contribution is 7.85. The van der Waals surface area contributed by atoms with E-state index in [2.05, 4.69) is 22.1 Å². The predicted molar refractivity (Wildman–Crippen MR) is 105 cm³/mol. The van der Waals surface area contributed by atoms with E-state index in [4.69, 9.17) is 0 Å². The fourth-order valence-electron chi connectivity index (χ4n) is 3.26. The highest BCUT2D eigenvalue weighted by Gasteiger charge is 2.26. The van der Waals surface area contributed by atoms with E-state index in [0.29, 0.717) is 11.3 Å². The average Bonchev–Trinajstić information content (AvgIpc) is 2.98. The van der Waals surface area contributed by atoms with E-state index in [9.17, 15) is 14.1 Å². The quantitative estimate of drug-likeness (QED) is 0.794. The SMILES string of the molecule is CCS(=O)c1ccc(C(CO)NC(=O)c2cnc3c(c2)CN(C)C3C)cc1. The van der Waals surface area contributed by atoms with Crippen LogP contribution in [0.25, 0.3) is 0 Å². The molecule has 3 atom stereocenters. The predicted octanol–water partition coefficient (Wildman–Crippen LogP) is 2.18. The summed E-state index contributed by atoms with van der Waals surface area (Å²) in [7, 11) is 1.01. The lowest BCUT2D eigenvalue weighted by molar-refractivity contribution is 0.0915. The third kappa shape index (κ3) is 4.10. The van der Waals surface area contributed by atoms with Gasteiger partial charge in [0.15, 0.2) is 0 Å². The van der Waals surface area contributed by atoms with E-state index in [1.807, 2.05) is 20.0 Å². The van der Waals surface area contributed by atoms with Crippen molar-refractivity contribution in [3.05, 3.63) is 58.9 Å². The maximum absolute atomic E-state index is 12.6. The van der Waals surface area contributed by atoms with Gasteiger partial charge >= 0.3 is 0 Å². The Bertz CT molecular complexity index is 854. The van der Waals surface area contributed by atoms with Crippen molar-refractivity contribution in [3.63, 3.8) is 0 Å². The van der Waals surface area contributed by atoms with Crippen molar-refractivity contribution in [1.82, 2.24) is 15.2 Å². The van der Waals surface area contributed by atoms with Crippen LogP contribution in [0.4, 0.5) is 0 Å². The molecule has 7 heteroatoms. The van der Waals surface area contributed by atoms with Gasteiger partial charge in [0, 0.05) is 29.4 Å². The van der Waals surface area contributed by atoms with Crippen LogP contribution in [-0.4, -0.2) is 44.5 Å². The number of pyridine rings is 1. The fourth-order valence-corrected chi connectivity index (χ4v) is 4.03. The number of aliphatic hydroxyl groups is 1. The summed E-state index contributed by atoms with van der Waals surface area (Å²) >= 11 is 0. The number of aliphatic hydroxyl groups excluding tert-OH is 1. The van der Waals surface area contributed by atoms with Crippen LogP contribution in [0.5, 0.6) is 0 Å². The van der Waals surface area contributed by atoms with E-state index >= 15 is 0 Å². The third-order valence-electron chi connectivity index (χ3n) is 5.04. The first-order chi connectivity index (χ1) is 12.9. The molecule has 6 nitrogen and oxygen atoms in total. The molecule has 0 saturated heterocycles. The minimum atomic E-state index is -1.02. The normalized spacial score (nSPS) is 18.7. The van der Waals surface area contributed by atoms with Gasteiger partial charge in [0.25, 0.3) is 5.91 Å². The van der Waals surface area contributed by atoms with Crippen LogP contribution in [0, 0.1) is 0 Å². The van der Waals surface area contributed by atoms with Crippen LogP contribution >= 0.6 is 0 Å². The zero-order valence-electron chi connectivity index (χ0n) is 15.8. The number of hydrogen-bond acceptors (Lipinski definition) is 5. The van der Waals surface area contributed by atoms with Gasteiger partial charge in [-0.05, 0) is 43.3 Å². The second-order valence-corrected chi connectivity index (χ2v) is 8.51. The molecule has 0 spiro atoms. The Morgan fingerprint density at radius 3 is 2.74 bits per heavy atom. The average molecular weight is 388 g/mol. The van der Waals surface area contributed by atoms with Crippen LogP contribution < -0.4 is 5.32 Å². The number of fused-ring (bicyclic) bond motifs is 1. The third-order valence-corrected chi connectivity index (χ3v) is 6.36. The Hall–Kier alpha value is -2.09. The number of nitrogens with zero attached hydrogens (tertiary/aromatic N) is 2. The van der Waals surface area contributed by atoms with Crippen molar-refractivity contribution >= 4 is 16.7 Å². The van der Waals surface area contributed by atoms with Crippen LogP contribution in [-0.2, 0) is 17.3 Å². The Morgan fingerprint density at radius 2 is 2.11 bits per heavy atom. The molecule has 2 aromatic rings. The monoisotopic (exact) mass is 387 g/mol. The molecule has 3 rings (SSSR count). The highest BCUT2D eigenvalue weighted by atomic mass is 32.2. The van der Waals surface area contributed by atoms with E-state index < -0.39 is 16.8 Å². The number of rotatable bonds is 6. The van der Waals surface area contributed by atoms with Crippen LogP contribution in [0.15, 0.2) is 41.4 Å². The topological polar surface area (TPSA) is 82.5 Å². The second kappa shape index (κ2) is 8.29. The first-order valence-electron chi connectivity index (χ1n) is 9.03. The van der Waals surface area contributed by atoms with E-state index in [-0.39, 0.29) is 18.6 Å². The van der Waals surface area contributed by atoms with Crippen molar-refractivity contribution < 1.29 is 14.1 Å². The van der Waals surface area contributed by atoms with Gasteiger partial charge in [-0.2, -0.15) is 0 Å². The molecule has 0 fully saturated rings. The van der Waals surface area contributed by atoms with Crippen molar-refractivity contribution in [3.8, 4) is 0 Å². The lowest BCUT2D eigenvalue weighted by Crippen LogP contribution is -2.31. The number of nitrogens with one attached hydrogen (secondary N) is 1. The summed E-state index contributed by atoms with van der Waals surface area (Å²) in [5.74, 6) is 0.284. The van der Waals surface area contributed by atoms with E-state index in [1.54, 1.807) is 30.5 Å². The molecule has 0 bridgehead atoms. The molecular formula is C20H25N3O3S. The van der Waals surface area contributed by atoms with Crippen molar-refractivity contribution in [2.45, 2.75) is 37.4 Å². The van der Waals surface area contributed by atoms with Gasteiger partial charge in [-0.3, -0.25) is 18.9 Å². The zero-order valence-corrected chi connectivity index (χ0v) is 16.6. The van der Waals surface area contributed by atoms with E-state index in [0.717, 1.165) is 28.3 Å². The maximum atomic E-state index is 12.6. The summed E-state index contributed by atoms with van der Waals surface area (Å²) in [4.78, 5) is 20.0. The summed E-state index contributed by atoms with van der Waals surface area (Å²) in [5, 5.41) is 12.6. The van der Waals surface area contributed by atoms with Gasteiger partial charge < -0.3 is 10.4 Å². The molecule has 0 radical (unpaired) electrons. The zero-order chi connectivity index (χ0) is 19.6. The molecule has 3 unspecified atom stereocenters. The van der Waals surface area contributed by atoms with Gasteiger partial charge in [-0.15, -0.1) is 0 Å². The molecular weight excluding hydrogens is 362 g/mol. The highest BCUT2D eigenvalue weighted by Crippen LogP contribution is 2.30. The maximum Gasteiger partial charge on any atom is 0.253 e. The summed E-state index contributed by atoms with van der Waals surface area (Å²) in [6.45, 7) is 4.50. The molecule has 1 amide bonds. The van der Waals surface area contributed by atoms with Gasteiger partial charge in [-0.25, -0.2) is 0 Å². The number of benzene rings is 1. The van der Waals surface area contributed by atoms with Gasteiger partial charge in [-0.1, -0.05) is 19.1 Å². The molecule has 2 N–H and O–H groups in total. The standard InChI is InChI=1S/C20H25N3O3S/c1-4-27(26)17-7-5-14(6-8-17)18(12-24)22-20(25)15-9-16-11-23(3)13(2)19(16)21-10-15/h5-10,13,18,24H,4,11-12H2,1-3H3,(H,22,25). The summed E-state index contributed by atoms with van der Waals surface area (Å²) in [6.07, 6.45) is 1.59. The van der Waals surface area contributed by atoms with Gasteiger partial charge in [0.2, 0.25) is 0 Å². The van der Waals surface area contributed by atoms with Crippen molar-refractivity contribution in [2.24, 2.45) is 0 Å². The van der Waals surface area contributed by atoms with Crippen molar-refractivity contribution in [2.75, 3.05) is 19.4 Å². The molecule has 2 heterocycles. The molecule has 0 aliphatic carbocycles. The van der Waals surface area contributed by atoms with Crippen LogP contribution in [0.2, 0.25) is 0 Å². The number of carbonyl (C=O) groups excluding carboxylic acids is 1. The molecule has 1 aromatic carbocycles. The number of carbonyl (C=O) groups is 1. The summed E-state index contributed by atoms with van der Waals surface area (Å²) < 4.78 is 11.8. The first-order valence-corrected chi connectivity index (χ1v) is 10.4. The minimum Gasteiger partial charge on any atom is -0.394 e. The van der Waals surface area contributed by atoms with Crippen LogP contribution in [0.3, 0.4) is 0 Å². The largest absolute Gasteiger partial charge is 0.394 e. The van der Waals surface area contributed by atoms with E-state index in [1.165, 1.54) is 0 Å². The van der Waals surface area contributed by atoms with Gasteiger partial charge in [0.1, 0.15) is 0 Å². The number of aromatic nitrogens is 1. The first kappa shape index (κ1) is 19.7. The van der Waals surface area contributed by atoms with Gasteiger partial charge in [0.05, 0.1) is 34.7 Å². The Kier molecular flexibility index (Phi) is 6.04. The number of hydrogen-bond donors (Lipinski definition) is 2. The summed E-state index contributed by atoms with van der Waals surface area (Å²) in [5.41, 5.74) is 3.32. The lowest BCUT2D eigenvalue weighted by atomic mass is 10.1. The second-order valence-electron chi connectivity index (χ2n) is 6.77. The minimum absolute atomic E-state index is 0.222.